The fourth-order valence-electron chi connectivity index (χ4n) is 1.77. The van der Waals surface area contributed by atoms with Crippen molar-refractivity contribution in [2.75, 3.05) is 0 Å². The Balaban J connectivity index is 2.36. The van der Waals surface area contributed by atoms with Crippen LogP contribution >= 0.6 is 11.6 Å². The number of nitrogens with zero attached hydrogens (tertiary/aromatic N) is 1. The quantitative estimate of drug-likeness (QED) is 0.678. The molecule has 2 rings (SSSR count). The van der Waals surface area contributed by atoms with Crippen molar-refractivity contribution >= 4 is 17.3 Å². The van der Waals surface area contributed by atoms with Crippen molar-refractivity contribution in [2.45, 2.75) is 13.0 Å². The van der Waals surface area contributed by atoms with Crippen LogP contribution in [0.15, 0.2) is 36.4 Å². The van der Waals surface area contributed by atoms with E-state index in [0.29, 0.717) is 11.3 Å². The standard InChI is InChI=1S/C14H12ClFN2O3/c1-8(17)11-6-9(16)2-4-13(11)21-14-5-3-10(18(19)20)7-12(14)15/h2-8H,17H2,1H3/t8-/m0/s1. The molecule has 0 bridgehead atoms. The summed E-state index contributed by atoms with van der Waals surface area (Å²) in [6.07, 6.45) is 0. The Labute approximate surface area is 125 Å². The molecule has 0 aliphatic carbocycles. The maximum Gasteiger partial charge on any atom is 0.271 e. The molecule has 0 heterocycles. The summed E-state index contributed by atoms with van der Waals surface area (Å²) in [5.41, 5.74) is 6.11. The van der Waals surface area contributed by atoms with E-state index in [1.165, 1.54) is 36.4 Å². The van der Waals surface area contributed by atoms with Crippen molar-refractivity contribution in [3.63, 3.8) is 0 Å². The molecule has 0 aliphatic rings. The number of nitro benzene ring substituents is 1. The minimum absolute atomic E-state index is 0.0872. The lowest BCUT2D eigenvalue weighted by atomic mass is 10.1. The fraction of sp³-hybridized carbons (Fsp3) is 0.143. The first-order valence-corrected chi connectivity index (χ1v) is 6.43. The van der Waals surface area contributed by atoms with Crippen molar-refractivity contribution in [1.29, 1.82) is 0 Å². The van der Waals surface area contributed by atoms with Crippen LogP contribution in [-0.2, 0) is 0 Å². The second kappa shape index (κ2) is 6.07. The van der Waals surface area contributed by atoms with Gasteiger partial charge in [0, 0.05) is 23.7 Å². The molecule has 0 saturated carbocycles. The summed E-state index contributed by atoms with van der Waals surface area (Å²) < 4.78 is 18.8. The van der Waals surface area contributed by atoms with Crippen LogP contribution in [0.2, 0.25) is 5.02 Å². The molecule has 0 aromatic heterocycles. The number of hydrogen-bond acceptors (Lipinski definition) is 4. The van der Waals surface area contributed by atoms with Gasteiger partial charge in [0.25, 0.3) is 5.69 Å². The molecule has 0 aliphatic heterocycles. The highest BCUT2D eigenvalue weighted by molar-refractivity contribution is 6.32. The third kappa shape index (κ3) is 3.48. The Hall–Kier alpha value is -2.18. The summed E-state index contributed by atoms with van der Waals surface area (Å²) in [7, 11) is 0. The summed E-state index contributed by atoms with van der Waals surface area (Å²) in [4.78, 5) is 10.1. The van der Waals surface area contributed by atoms with E-state index in [2.05, 4.69) is 0 Å². The van der Waals surface area contributed by atoms with E-state index in [1.807, 2.05) is 0 Å². The SMILES string of the molecule is C[C@H](N)c1cc(F)ccc1Oc1ccc([N+](=O)[O-])cc1Cl. The molecule has 5 nitrogen and oxygen atoms in total. The Morgan fingerprint density at radius 3 is 2.52 bits per heavy atom. The second-order valence-corrected chi connectivity index (χ2v) is 4.85. The highest BCUT2D eigenvalue weighted by Gasteiger charge is 2.14. The van der Waals surface area contributed by atoms with Crippen LogP contribution < -0.4 is 10.5 Å². The van der Waals surface area contributed by atoms with E-state index in [9.17, 15) is 14.5 Å². The summed E-state index contributed by atoms with van der Waals surface area (Å²) in [6.45, 7) is 1.69. The average molecular weight is 311 g/mol. The predicted octanol–water partition coefficient (Wildman–Crippen LogP) is 4.20. The van der Waals surface area contributed by atoms with E-state index in [0.717, 1.165) is 0 Å². The molecule has 0 radical (unpaired) electrons. The minimum atomic E-state index is -0.555. The number of hydrogen-bond donors (Lipinski definition) is 1. The number of nitro groups is 1. The van der Waals surface area contributed by atoms with Crippen LogP contribution in [0, 0.1) is 15.9 Å². The maximum absolute atomic E-state index is 13.3. The van der Waals surface area contributed by atoms with Crippen molar-refractivity contribution in [3.8, 4) is 11.5 Å². The summed E-state index contributed by atoms with van der Waals surface area (Å²) in [6, 6.07) is 7.36. The van der Waals surface area contributed by atoms with Gasteiger partial charge in [0.1, 0.15) is 17.3 Å². The molecule has 2 N–H and O–H groups in total. The van der Waals surface area contributed by atoms with Gasteiger partial charge in [-0.25, -0.2) is 4.39 Å². The van der Waals surface area contributed by atoms with Crippen molar-refractivity contribution < 1.29 is 14.1 Å². The van der Waals surface area contributed by atoms with Gasteiger partial charge >= 0.3 is 0 Å². The van der Waals surface area contributed by atoms with E-state index in [4.69, 9.17) is 22.1 Å². The van der Waals surface area contributed by atoms with Gasteiger partial charge in [-0.05, 0) is 31.2 Å². The largest absolute Gasteiger partial charge is 0.455 e. The monoisotopic (exact) mass is 310 g/mol. The smallest absolute Gasteiger partial charge is 0.271 e. The number of halogens is 2. The van der Waals surface area contributed by atoms with E-state index >= 15 is 0 Å². The Morgan fingerprint density at radius 2 is 1.95 bits per heavy atom. The first-order chi connectivity index (χ1) is 9.88. The van der Waals surface area contributed by atoms with Gasteiger partial charge in [0.05, 0.1) is 9.95 Å². The molecule has 1 atom stereocenters. The summed E-state index contributed by atoms with van der Waals surface area (Å²) in [5, 5.41) is 10.7. The van der Waals surface area contributed by atoms with Crippen LogP contribution in [0.25, 0.3) is 0 Å². The summed E-state index contributed by atoms with van der Waals surface area (Å²) >= 11 is 5.95. The second-order valence-electron chi connectivity index (χ2n) is 4.44. The highest BCUT2D eigenvalue weighted by atomic mass is 35.5. The molecule has 0 amide bonds. The van der Waals surface area contributed by atoms with Gasteiger partial charge in [0.15, 0.2) is 0 Å². The molecule has 2 aromatic rings. The van der Waals surface area contributed by atoms with E-state index in [-0.39, 0.29) is 16.5 Å². The first kappa shape index (κ1) is 15.2. The number of ether oxygens (including phenoxy) is 1. The molecule has 0 spiro atoms. The highest BCUT2D eigenvalue weighted by Crippen LogP contribution is 2.35. The molecular weight excluding hydrogens is 299 g/mol. The normalized spacial score (nSPS) is 12.0. The average Bonchev–Trinajstić information content (AvgIpc) is 2.42. The molecule has 0 unspecified atom stereocenters. The first-order valence-electron chi connectivity index (χ1n) is 6.05. The Kier molecular flexibility index (Phi) is 4.40. The minimum Gasteiger partial charge on any atom is -0.455 e. The maximum atomic E-state index is 13.3. The number of rotatable bonds is 4. The third-order valence-corrected chi connectivity index (χ3v) is 3.10. The number of non-ortho nitro benzene ring substituents is 1. The number of nitrogens with two attached hydrogens (primary N) is 1. The van der Waals surface area contributed by atoms with Crippen LogP contribution in [0.5, 0.6) is 11.5 Å². The molecule has 7 heteroatoms. The lowest BCUT2D eigenvalue weighted by Gasteiger charge is -2.14. The van der Waals surface area contributed by atoms with Gasteiger partial charge in [-0.3, -0.25) is 10.1 Å². The summed E-state index contributed by atoms with van der Waals surface area (Å²) in [5.74, 6) is 0.155. The molecule has 110 valence electrons. The molecule has 0 saturated heterocycles. The van der Waals surface area contributed by atoms with Crippen molar-refractivity contribution in [3.05, 3.63) is 62.9 Å². The molecule has 2 aromatic carbocycles. The predicted molar refractivity (Wildman–Crippen MR) is 77.2 cm³/mol. The van der Waals surface area contributed by atoms with Gasteiger partial charge in [-0.15, -0.1) is 0 Å². The van der Waals surface area contributed by atoms with Crippen LogP contribution in [0.4, 0.5) is 10.1 Å². The lowest BCUT2D eigenvalue weighted by Crippen LogP contribution is -2.07. The molecule has 21 heavy (non-hydrogen) atoms. The van der Waals surface area contributed by atoms with Crippen molar-refractivity contribution in [2.24, 2.45) is 5.73 Å². The Bertz CT molecular complexity index is 692. The number of benzene rings is 2. The topological polar surface area (TPSA) is 78.4 Å². The molecular formula is C14H12ClFN2O3. The van der Waals surface area contributed by atoms with Crippen molar-refractivity contribution in [1.82, 2.24) is 0 Å². The Morgan fingerprint density at radius 1 is 1.29 bits per heavy atom. The van der Waals surface area contributed by atoms with E-state index in [1.54, 1.807) is 6.92 Å². The van der Waals surface area contributed by atoms with Gasteiger partial charge in [-0.1, -0.05) is 11.6 Å². The van der Waals surface area contributed by atoms with Crippen LogP contribution in [0.3, 0.4) is 0 Å². The van der Waals surface area contributed by atoms with E-state index < -0.39 is 16.8 Å². The third-order valence-electron chi connectivity index (χ3n) is 2.81. The fourth-order valence-corrected chi connectivity index (χ4v) is 1.99. The van der Waals surface area contributed by atoms with Crippen LogP contribution in [-0.4, -0.2) is 4.92 Å². The van der Waals surface area contributed by atoms with Crippen LogP contribution in [0.1, 0.15) is 18.5 Å². The zero-order valence-electron chi connectivity index (χ0n) is 11.0. The zero-order chi connectivity index (χ0) is 15.6. The van der Waals surface area contributed by atoms with Gasteiger partial charge in [0.2, 0.25) is 0 Å². The molecule has 0 fully saturated rings. The van der Waals surface area contributed by atoms with Gasteiger partial charge in [-0.2, -0.15) is 0 Å². The lowest BCUT2D eigenvalue weighted by molar-refractivity contribution is -0.384. The zero-order valence-corrected chi connectivity index (χ0v) is 11.8. The van der Waals surface area contributed by atoms with Gasteiger partial charge < -0.3 is 10.5 Å².